The second kappa shape index (κ2) is 6.73. The molecule has 9 nitrogen and oxygen atoms in total. The van der Waals surface area contributed by atoms with Gasteiger partial charge in [-0.15, -0.1) is 0 Å². The van der Waals surface area contributed by atoms with Crippen LogP contribution in [-0.4, -0.2) is 51.6 Å². The van der Waals surface area contributed by atoms with E-state index in [1.807, 2.05) is 0 Å². The number of amides is 3. The molecular formula is C12H17N5O4. The number of nitrogens with one attached hydrogen (secondary N) is 4. The molecule has 2 heterocycles. The molecule has 1 aromatic heterocycles. The van der Waals surface area contributed by atoms with E-state index in [0.29, 0.717) is 18.5 Å². The zero-order chi connectivity index (χ0) is 15.2. The fraction of sp³-hybridized carbons (Fsp3) is 0.500. The summed E-state index contributed by atoms with van der Waals surface area (Å²) in [7, 11) is 0. The lowest BCUT2D eigenvalue weighted by Gasteiger charge is -2.16. The number of rotatable bonds is 6. The number of nitrogens with zero attached hydrogens (tertiary/aromatic N) is 1. The van der Waals surface area contributed by atoms with Crippen LogP contribution in [0.2, 0.25) is 0 Å². The number of H-pyrrole nitrogens is 1. The maximum Gasteiger partial charge on any atom is 0.326 e. The summed E-state index contributed by atoms with van der Waals surface area (Å²) in [5, 5.41) is 16.7. The smallest absolute Gasteiger partial charge is 0.326 e. The summed E-state index contributed by atoms with van der Waals surface area (Å²) in [5.41, 5.74) is 0.616. The molecule has 0 aromatic carbocycles. The van der Waals surface area contributed by atoms with Crippen molar-refractivity contribution in [1.82, 2.24) is 25.9 Å². The summed E-state index contributed by atoms with van der Waals surface area (Å²) in [4.78, 5) is 40.4. The molecular weight excluding hydrogens is 278 g/mol. The van der Waals surface area contributed by atoms with Crippen molar-refractivity contribution < 1.29 is 19.5 Å². The Labute approximate surface area is 120 Å². The minimum Gasteiger partial charge on any atom is -0.480 e. The number of hydrogen-bond donors (Lipinski definition) is 5. The van der Waals surface area contributed by atoms with Crippen LogP contribution in [0.3, 0.4) is 0 Å². The number of urea groups is 1. The Morgan fingerprint density at radius 1 is 1.52 bits per heavy atom. The monoisotopic (exact) mass is 295 g/mol. The van der Waals surface area contributed by atoms with Gasteiger partial charge in [0.05, 0.1) is 6.33 Å². The van der Waals surface area contributed by atoms with Crippen LogP contribution in [0.4, 0.5) is 4.79 Å². The molecule has 3 amide bonds. The first-order chi connectivity index (χ1) is 10.0. The van der Waals surface area contributed by atoms with E-state index in [9.17, 15) is 14.4 Å². The van der Waals surface area contributed by atoms with Gasteiger partial charge in [-0.05, 0) is 6.42 Å². The standard InChI is InChI=1S/C12H17N5O4/c18-10-2-1-7(16-10)5-14-12(21)17-9(11(19)20)3-8-4-13-6-15-8/h4,6-7,9H,1-3,5H2,(H,13,15)(H,16,18)(H,19,20)(H2,14,17,21)/t7?,9-/m1/s1. The number of aromatic nitrogens is 2. The molecule has 1 aliphatic heterocycles. The average molecular weight is 295 g/mol. The summed E-state index contributed by atoms with van der Waals surface area (Å²) in [5.74, 6) is -1.17. The van der Waals surface area contributed by atoms with Gasteiger partial charge in [0, 0.05) is 37.3 Å². The fourth-order valence-corrected chi connectivity index (χ4v) is 2.07. The molecule has 0 radical (unpaired) electrons. The Morgan fingerprint density at radius 2 is 2.33 bits per heavy atom. The summed E-state index contributed by atoms with van der Waals surface area (Å²) >= 11 is 0. The summed E-state index contributed by atoms with van der Waals surface area (Å²) < 4.78 is 0. The Balaban J connectivity index is 1.78. The van der Waals surface area contributed by atoms with Gasteiger partial charge in [-0.1, -0.05) is 0 Å². The van der Waals surface area contributed by atoms with E-state index in [4.69, 9.17) is 5.11 Å². The van der Waals surface area contributed by atoms with Crippen LogP contribution in [-0.2, 0) is 16.0 Å². The lowest BCUT2D eigenvalue weighted by Crippen LogP contribution is -2.49. The van der Waals surface area contributed by atoms with Crippen molar-refractivity contribution >= 4 is 17.9 Å². The van der Waals surface area contributed by atoms with Crippen LogP contribution < -0.4 is 16.0 Å². The third-order valence-corrected chi connectivity index (χ3v) is 3.18. The molecule has 1 aliphatic rings. The highest BCUT2D eigenvalue weighted by Gasteiger charge is 2.23. The summed E-state index contributed by atoms with van der Waals surface area (Å²) in [6, 6.07) is -1.73. The Hall–Kier alpha value is -2.58. The molecule has 0 aliphatic carbocycles. The molecule has 114 valence electrons. The minimum absolute atomic E-state index is 0.0372. The van der Waals surface area contributed by atoms with E-state index in [2.05, 4.69) is 25.9 Å². The first-order valence-electron chi connectivity index (χ1n) is 6.58. The van der Waals surface area contributed by atoms with Gasteiger partial charge in [-0.2, -0.15) is 0 Å². The zero-order valence-electron chi connectivity index (χ0n) is 11.3. The van der Waals surface area contributed by atoms with Crippen LogP contribution in [0.15, 0.2) is 12.5 Å². The van der Waals surface area contributed by atoms with Gasteiger partial charge in [0.2, 0.25) is 5.91 Å². The van der Waals surface area contributed by atoms with Gasteiger partial charge in [0.1, 0.15) is 6.04 Å². The summed E-state index contributed by atoms with van der Waals surface area (Å²) in [6.45, 7) is 0.272. The van der Waals surface area contributed by atoms with Crippen LogP contribution in [0, 0.1) is 0 Å². The van der Waals surface area contributed by atoms with Crippen LogP contribution in [0.25, 0.3) is 0 Å². The van der Waals surface area contributed by atoms with Crippen molar-refractivity contribution in [3.05, 3.63) is 18.2 Å². The second-order valence-electron chi connectivity index (χ2n) is 4.83. The first-order valence-corrected chi connectivity index (χ1v) is 6.58. The maximum absolute atomic E-state index is 11.7. The van der Waals surface area contributed by atoms with Crippen molar-refractivity contribution in [1.29, 1.82) is 0 Å². The SMILES string of the molecule is O=C1CCC(CNC(=O)N[C@H](Cc2cnc[nH]2)C(=O)O)N1. The molecule has 2 rings (SSSR count). The maximum atomic E-state index is 11.7. The number of hydrogen-bond acceptors (Lipinski definition) is 4. The zero-order valence-corrected chi connectivity index (χ0v) is 11.3. The average Bonchev–Trinajstić information content (AvgIpc) is 3.07. The van der Waals surface area contributed by atoms with E-state index < -0.39 is 18.0 Å². The second-order valence-corrected chi connectivity index (χ2v) is 4.83. The molecule has 0 bridgehead atoms. The predicted molar refractivity (Wildman–Crippen MR) is 71.4 cm³/mol. The Bertz CT molecular complexity index is 516. The van der Waals surface area contributed by atoms with E-state index in [1.54, 1.807) is 0 Å². The van der Waals surface area contributed by atoms with Gasteiger partial charge in [0.25, 0.3) is 0 Å². The van der Waals surface area contributed by atoms with E-state index >= 15 is 0 Å². The topological polar surface area (TPSA) is 136 Å². The van der Waals surface area contributed by atoms with Crippen molar-refractivity contribution in [2.45, 2.75) is 31.3 Å². The highest BCUT2D eigenvalue weighted by molar-refractivity contribution is 5.83. The molecule has 0 spiro atoms. The Morgan fingerprint density at radius 3 is 2.90 bits per heavy atom. The molecule has 9 heteroatoms. The number of carboxylic acid groups (broad SMARTS) is 1. The van der Waals surface area contributed by atoms with E-state index in [1.165, 1.54) is 12.5 Å². The lowest BCUT2D eigenvalue weighted by atomic mass is 10.1. The number of carboxylic acids is 1. The van der Waals surface area contributed by atoms with Crippen LogP contribution in [0.5, 0.6) is 0 Å². The van der Waals surface area contributed by atoms with E-state index in [-0.39, 0.29) is 24.9 Å². The molecule has 1 saturated heterocycles. The molecule has 1 aromatic rings. The third-order valence-electron chi connectivity index (χ3n) is 3.18. The molecule has 0 saturated carbocycles. The lowest BCUT2D eigenvalue weighted by molar-refractivity contribution is -0.139. The normalized spacial score (nSPS) is 18.9. The third kappa shape index (κ3) is 4.48. The van der Waals surface area contributed by atoms with Gasteiger partial charge < -0.3 is 26.0 Å². The van der Waals surface area contributed by atoms with Crippen molar-refractivity contribution in [2.75, 3.05) is 6.54 Å². The number of carbonyl (C=O) groups is 3. The van der Waals surface area contributed by atoms with Gasteiger partial charge in [-0.3, -0.25) is 4.79 Å². The van der Waals surface area contributed by atoms with Crippen LogP contribution in [0.1, 0.15) is 18.5 Å². The van der Waals surface area contributed by atoms with Crippen molar-refractivity contribution in [2.24, 2.45) is 0 Å². The van der Waals surface area contributed by atoms with Gasteiger partial charge >= 0.3 is 12.0 Å². The molecule has 21 heavy (non-hydrogen) atoms. The molecule has 1 fully saturated rings. The number of aromatic amines is 1. The molecule has 1 unspecified atom stereocenters. The van der Waals surface area contributed by atoms with Crippen LogP contribution >= 0.6 is 0 Å². The fourth-order valence-electron chi connectivity index (χ4n) is 2.07. The molecule has 2 atom stereocenters. The van der Waals surface area contributed by atoms with Crippen molar-refractivity contribution in [3.63, 3.8) is 0 Å². The Kier molecular flexibility index (Phi) is 4.75. The van der Waals surface area contributed by atoms with E-state index in [0.717, 1.165) is 0 Å². The minimum atomic E-state index is -1.13. The van der Waals surface area contributed by atoms with Gasteiger partial charge in [-0.25, -0.2) is 14.6 Å². The number of carbonyl (C=O) groups excluding carboxylic acids is 2. The van der Waals surface area contributed by atoms with Gasteiger partial charge in [0.15, 0.2) is 0 Å². The largest absolute Gasteiger partial charge is 0.480 e. The molecule has 5 N–H and O–H groups in total. The highest BCUT2D eigenvalue weighted by Crippen LogP contribution is 2.05. The number of aliphatic carboxylic acids is 1. The summed E-state index contributed by atoms with van der Waals surface area (Å²) in [6.07, 6.45) is 4.17. The quantitative estimate of drug-likeness (QED) is 0.458. The highest BCUT2D eigenvalue weighted by atomic mass is 16.4. The number of imidazole rings is 1. The first kappa shape index (κ1) is 14.8. The van der Waals surface area contributed by atoms with Crippen molar-refractivity contribution in [3.8, 4) is 0 Å². The predicted octanol–water partition coefficient (Wildman–Crippen LogP) is -1.02.